The Hall–Kier alpha value is -3.88. The van der Waals surface area contributed by atoms with Gasteiger partial charge in [-0.3, -0.25) is 14.4 Å². The van der Waals surface area contributed by atoms with Gasteiger partial charge in [0.2, 0.25) is 5.91 Å². The number of benzene rings is 3. The van der Waals surface area contributed by atoms with Crippen LogP contribution < -0.4 is 14.7 Å². The fraction of sp³-hybridized carbons (Fsp3) is 0.192. The van der Waals surface area contributed by atoms with Crippen LogP contribution in [0.5, 0.6) is 5.75 Å². The summed E-state index contributed by atoms with van der Waals surface area (Å²) in [6, 6.07) is 19.8. The highest BCUT2D eigenvalue weighted by Crippen LogP contribution is 2.47. The van der Waals surface area contributed by atoms with Crippen molar-refractivity contribution in [2.45, 2.75) is 12.1 Å². The Bertz CT molecular complexity index is 1280. The van der Waals surface area contributed by atoms with Crippen molar-refractivity contribution in [3.63, 3.8) is 0 Å². The van der Waals surface area contributed by atoms with E-state index in [9.17, 15) is 14.4 Å². The number of carbonyl (C=O) groups excluding carboxylic acids is 3. The van der Waals surface area contributed by atoms with Crippen LogP contribution in [-0.2, 0) is 19.2 Å². The number of methoxy groups -OCH3 is 2. The maximum atomic E-state index is 13.7. The number of anilines is 2. The number of amides is 2. The summed E-state index contributed by atoms with van der Waals surface area (Å²) in [4.78, 5) is 46.1. The molecule has 2 saturated heterocycles. The van der Waals surface area contributed by atoms with Crippen LogP contribution in [0.1, 0.15) is 22.0 Å². The number of imide groups is 1. The Kier molecular flexibility index (Phi) is 5.92. The van der Waals surface area contributed by atoms with Crippen molar-refractivity contribution in [3.8, 4) is 5.75 Å². The van der Waals surface area contributed by atoms with E-state index in [1.807, 2.05) is 12.1 Å². The Morgan fingerprint density at radius 2 is 1.49 bits per heavy atom. The highest BCUT2D eigenvalue weighted by atomic mass is 35.5. The average molecular weight is 493 g/mol. The molecule has 2 aliphatic heterocycles. The Morgan fingerprint density at radius 3 is 2.09 bits per heavy atom. The van der Waals surface area contributed by atoms with Crippen molar-refractivity contribution in [2.75, 3.05) is 24.2 Å². The summed E-state index contributed by atoms with van der Waals surface area (Å²) < 4.78 is 9.99. The molecule has 3 aromatic carbocycles. The van der Waals surface area contributed by atoms with Crippen molar-refractivity contribution in [1.82, 2.24) is 0 Å². The summed E-state index contributed by atoms with van der Waals surface area (Å²) in [5.41, 5.74) is 2.13. The normalized spacial score (nSPS) is 21.3. The summed E-state index contributed by atoms with van der Waals surface area (Å²) in [5.74, 6) is -1.48. The highest BCUT2D eigenvalue weighted by Gasteiger charge is 2.60. The Balaban J connectivity index is 1.52. The molecule has 0 saturated carbocycles. The van der Waals surface area contributed by atoms with Crippen molar-refractivity contribution in [3.05, 3.63) is 88.9 Å². The maximum Gasteiger partial charge on any atom is 0.337 e. The summed E-state index contributed by atoms with van der Waals surface area (Å²) in [6.07, 6.45) is -1.01. The van der Waals surface area contributed by atoms with Gasteiger partial charge in [-0.15, -0.1) is 0 Å². The van der Waals surface area contributed by atoms with Crippen LogP contribution in [0.4, 0.5) is 11.4 Å². The number of halogens is 1. The Morgan fingerprint density at radius 1 is 0.857 bits per heavy atom. The van der Waals surface area contributed by atoms with E-state index >= 15 is 0 Å². The van der Waals surface area contributed by atoms with Crippen molar-refractivity contribution in [1.29, 1.82) is 0 Å². The average Bonchev–Trinajstić information content (AvgIpc) is 3.40. The van der Waals surface area contributed by atoms with Gasteiger partial charge in [-0.1, -0.05) is 23.7 Å². The molecule has 0 aromatic heterocycles. The fourth-order valence-corrected chi connectivity index (χ4v) is 4.61. The SMILES string of the molecule is COC(=O)c1ccc(N2C(=O)C3ON(c4ccc(Cl)cc4)C(c4ccc(OC)cc4)C3C2=O)cc1. The predicted octanol–water partition coefficient (Wildman–Crippen LogP) is 4.19. The number of ether oxygens (including phenoxy) is 2. The first kappa shape index (κ1) is 22.9. The van der Waals surface area contributed by atoms with Crippen LogP contribution in [0.2, 0.25) is 5.02 Å². The molecule has 0 radical (unpaired) electrons. The lowest BCUT2D eigenvalue weighted by atomic mass is 9.90. The van der Waals surface area contributed by atoms with Gasteiger partial charge >= 0.3 is 5.97 Å². The second-order valence-corrected chi connectivity index (χ2v) is 8.56. The minimum Gasteiger partial charge on any atom is -0.497 e. The van der Waals surface area contributed by atoms with E-state index in [4.69, 9.17) is 25.9 Å². The Labute approximate surface area is 206 Å². The lowest BCUT2D eigenvalue weighted by molar-refractivity contribution is -0.126. The van der Waals surface area contributed by atoms with Gasteiger partial charge in [0.1, 0.15) is 11.7 Å². The second-order valence-electron chi connectivity index (χ2n) is 8.12. The highest BCUT2D eigenvalue weighted by molar-refractivity contribution is 6.30. The number of hydrogen-bond donors (Lipinski definition) is 0. The lowest BCUT2D eigenvalue weighted by Crippen LogP contribution is -2.37. The van der Waals surface area contributed by atoms with E-state index in [0.29, 0.717) is 27.7 Å². The molecule has 178 valence electrons. The summed E-state index contributed by atoms with van der Waals surface area (Å²) in [6.45, 7) is 0. The van der Waals surface area contributed by atoms with Gasteiger partial charge in [-0.2, -0.15) is 0 Å². The molecule has 3 aromatic rings. The molecule has 35 heavy (non-hydrogen) atoms. The molecule has 3 unspecified atom stereocenters. The third kappa shape index (κ3) is 3.90. The zero-order chi connectivity index (χ0) is 24.7. The number of esters is 1. The first-order chi connectivity index (χ1) is 16.9. The van der Waals surface area contributed by atoms with E-state index in [2.05, 4.69) is 0 Å². The van der Waals surface area contributed by atoms with Gasteiger partial charge in [-0.05, 0) is 66.2 Å². The molecule has 2 aliphatic rings. The summed E-state index contributed by atoms with van der Waals surface area (Å²) in [7, 11) is 2.86. The van der Waals surface area contributed by atoms with Crippen molar-refractivity contribution < 1.29 is 28.7 Å². The number of rotatable bonds is 5. The minimum absolute atomic E-state index is 0.316. The predicted molar refractivity (Wildman–Crippen MR) is 128 cm³/mol. The van der Waals surface area contributed by atoms with Gasteiger partial charge in [0.15, 0.2) is 6.10 Å². The van der Waals surface area contributed by atoms with E-state index in [1.54, 1.807) is 60.7 Å². The number of hydrogen-bond acceptors (Lipinski definition) is 7. The third-order valence-electron chi connectivity index (χ3n) is 6.20. The molecule has 0 spiro atoms. The van der Waals surface area contributed by atoms with Crippen LogP contribution in [0.15, 0.2) is 72.8 Å². The zero-order valence-electron chi connectivity index (χ0n) is 18.9. The second kappa shape index (κ2) is 9.05. The van der Waals surface area contributed by atoms with Crippen molar-refractivity contribution in [2.24, 2.45) is 5.92 Å². The molecule has 2 amide bonds. The first-order valence-corrected chi connectivity index (χ1v) is 11.2. The van der Waals surface area contributed by atoms with Gasteiger partial charge in [0.05, 0.1) is 37.2 Å². The van der Waals surface area contributed by atoms with Crippen molar-refractivity contribution >= 4 is 40.8 Å². The molecule has 0 bridgehead atoms. The number of carbonyl (C=O) groups is 3. The van der Waals surface area contributed by atoms with Gasteiger partial charge in [0, 0.05) is 5.02 Å². The van der Waals surface area contributed by atoms with E-state index in [0.717, 1.165) is 10.5 Å². The molecular formula is C26H21ClN2O6. The molecule has 9 heteroatoms. The fourth-order valence-electron chi connectivity index (χ4n) is 4.49. The minimum atomic E-state index is -1.01. The lowest BCUT2D eigenvalue weighted by Gasteiger charge is -2.29. The molecular weight excluding hydrogens is 472 g/mol. The molecule has 2 heterocycles. The zero-order valence-corrected chi connectivity index (χ0v) is 19.6. The topological polar surface area (TPSA) is 85.4 Å². The van der Waals surface area contributed by atoms with Crippen LogP contribution in [-0.4, -0.2) is 38.1 Å². The monoisotopic (exact) mass is 492 g/mol. The maximum absolute atomic E-state index is 13.7. The van der Waals surface area contributed by atoms with Gasteiger partial charge in [0.25, 0.3) is 5.91 Å². The molecule has 3 atom stereocenters. The van der Waals surface area contributed by atoms with Gasteiger partial charge in [-0.25, -0.2) is 14.8 Å². The quantitative estimate of drug-likeness (QED) is 0.390. The number of hydroxylamine groups is 1. The smallest absolute Gasteiger partial charge is 0.337 e. The number of nitrogens with zero attached hydrogens (tertiary/aromatic N) is 2. The standard InChI is InChI=1S/C26H21ClN2O6/c1-33-20-13-5-15(6-14-20)22-21-23(35-29(22)19-11-7-17(27)8-12-19)25(31)28(24(21)30)18-9-3-16(4-10-18)26(32)34-2/h3-14,21-23H,1-2H3. The summed E-state index contributed by atoms with van der Waals surface area (Å²) >= 11 is 6.06. The van der Waals surface area contributed by atoms with Crippen LogP contribution in [0.3, 0.4) is 0 Å². The van der Waals surface area contributed by atoms with E-state index in [-0.39, 0.29) is 5.91 Å². The van der Waals surface area contributed by atoms with E-state index in [1.165, 1.54) is 19.2 Å². The first-order valence-electron chi connectivity index (χ1n) is 10.8. The van der Waals surface area contributed by atoms with Gasteiger partial charge < -0.3 is 9.47 Å². The molecule has 5 rings (SSSR count). The molecule has 0 aliphatic carbocycles. The van der Waals surface area contributed by atoms with Crippen LogP contribution >= 0.6 is 11.6 Å². The summed E-state index contributed by atoms with van der Waals surface area (Å²) in [5, 5.41) is 2.16. The largest absolute Gasteiger partial charge is 0.497 e. The third-order valence-corrected chi connectivity index (χ3v) is 6.45. The van der Waals surface area contributed by atoms with Crippen LogP contribution in [0.25, 0.3) is 0 Å². The number of fused-ring (bicyclic) bond motifs is 1. The molecule has 2 fully saturated rings. The van der Waals surface area contributed by atoms with E-state index < -0.39 is 29.9 Å². The molecule has 8 nitrogen and oxygen atoms in total. The van der Waals surface area contributed by atoms with Crippen LogP contribution in [0, 0.1) is 5.92 Å². The molecule has 0 N–H and O–H groups in total.